The molecule has 1 aliphatic rings. The largest absolute Gasteiger partial charge is 0.361 e. The molecular formula is C32H29NO4. The topological polar surface area (TPSA) is 55.8 Å². The lowest BCUT2D eigenvalue weighted by atomic mass is 9.80. The number of hydroxylamine groups is 2. The van der Waals surface area contributed by atoms with Gasteiger partial charge in [-0.15, -0.1) is 5.06 Å². The van der Waals surface area contributed by atoms with Crippen molar-refractivity contribution in [3.8, 4) is 0 Å². The third kappa shape index (κ3) is 4.71. The highest BCUT2D eigenvalue weighted by molar-refractivity contribution is 6.20. The highest BCUT2D eigenvalue weighted by atomic mass is 16.7. The lowest BCUT2D eigenvalue weighted by molar-refractivity contribution is -0.142. The molecule has 186 valence electrons. The second-order valence-electron chi connectivity index (χ2n) is 9.00. The monoisotopic (exact) mass is 491 g/mol. The molecule has 0 fully saturated rings. The second-order valence-corrected chi connectivity index (χ2v) is 9.00. The Morgan fingerprint density at radius 2 is 1.05 bits per heavy atom. The van der Waals surface area contributed by atoms with E-state index < -0.39 is 17.4 Å². The van der Waals surface area contributed by atoms with E-state index in [1.807, 2.05) is 61.5 Å². The normalized spacial score (nSPS) is 14.0. The van der Waals surface area contributed by atoms with Crippen molar-refractivity contribution in [2.45, 2.75) is 31.5 Å². The van der Waals surface area contributed by atoms with Crippen LogP contribution in [0.3, 0.4) is 0 Å². The molecule has 0 saturated heterocycles. The zero-order valence-corrected chi connectivity index (χ0v) is 20.7. The van der Waals surface area contributed by atoms with Gasteiger partial charge in [-0.3, -0.25) is 14.4 Å². The minimum atomic E-state index is -0.836. The summed E-state index contributed by atoms with van der Waals surface area (Å²) in [5, 5.41) is 0.900. The molecule has 5 nitrogen and oxygen atoms in total. The van der Waals surface area contributed by atoms with E-state index >= 15 is 0 Å². The fourth-order valence-electron chi connectivity index (χ4n) is 4.86. The third-order valence-electron chi connectivity index (χ3n) is 6.77. The first-order valence-electron chi connectivity index (χ1n) is 12.6. The maximum Gasteiger partial charge on any atom is 0.285 e. The molecule has 0 aromatic heterocycles. The van der Waals surface area contributed by atoms with E-state index in [1.165, 1.54) is 0 Å². The lowest BCUT2D eigenvalue weighted by Crippen LogP contribution is -2.37. The molecule has 1 heterocycles. The van der Waals surface area contributed by atoms with E-state index in [9.17, 15) is 9.59 Å². The molecule has 2 amide bonds. The van der Waals surface area contributed by atoms with Crippen LogP contribution in [0.5, 0.6) is 0 Å². The summed E-state index contributed by atoms with van der Waals surface area (Å²) in [7, 11) is 0. The van der Waals surface area contributed by atoms with Gasteiger partial charge in [-0.25, -0.2) is 0 Å². The van der Waals surface area contributed by atoms with E-state index in [2.05, 4.69) is 36.4 Å². The third-order valence-corrected chi connectivity index (χ3v) is 6.77. The van der Waals surface area contributed by atoms with Crippen LogP contribution >= 0.6 is 0 Å². The number of fused-ring (bicyclic) bond motifs is 1. The van der Waals surface area contributed by atoms with Gasteiger partial charge in [-0.2, -0.15) is 0 Å². The molecule has 4 aromatic rings. The number of hydrogen-bond donors (Lipinski definition) is 0. The maximum atomic E-state index is 12.8. The minimum absolute atomic E-state index is 0.348. The van der Waals surface area contributed by atoms with Crippen molar-refractivity contribution in [3.63, 3.8) is 0 Å². The van der Waals surface area contributed by atoms with Crippen molar-refractivity contribution in [3.05, 3.63) is 143 Å². The first-order valence-corrected chi connectivity index (χ1v) is 12.6. The lowest BCUT2D eigenvalue weighted by Gasteiger charge is -2.36. The second kappa shape index (κ2) is 10.9. The van der Waals surface area contributed by atoms with Crippen molar-refractivity contribution < 1.29 is 19.2 Å². The van der Waals surface area contributed by atoms with Gasteiger partial charge in [0.05, 0.1) is 23.8 Å². The van der Waals surface area contributed by atoms with Gasteiger partial charge in [0.2, 0.25) is 0 Å². The van der Waals surface area contributed by atoms with Gasteiger partial charge in [0, 0.05) is 0 Å². The van der Waals surface area contributed by atoms with Crippen LogP contribution in [-0.4, -0.2) is 29.6 Å². The van der Waals surface area contributed by atoms with Gasteiger partial charge in [-0.1, -0.05) is 110 Å². The van der Waals surface area contributed by atoms with Crippen molar-refractivity contribution >= 4 is 11.8 Å². The molecular weight excluding hydrogens is 462 g/mol. The average molecular weight is 492 g/mol. The van der Waals surface area contributed by atoms with Gasteiger partial charge in [0.15, 0.2) is 0 Å². The van der Waals surface area contributed by atoms with Crippen LogP contribution in [-0.2, 0) is 15.2 Å². The summed E-state index contributed by atoms with van der Waals surface area (Å²) in [6, 6.07) is 37.3. The van der Waals surface area contributed by atoms with Crippen LogP contribution in [0, 0.1) is 0 Å². The number of benzene rings is 4. The summed E-state index contributed by atoms with van der Waals surface area (Å²) < 4.78 is 6.83. The van der Waals surface area contributed by atoms with E-state index in [0.29, 0.717) is 30.6 Å². The molecule has 0 radical (unpaired) electrons. The van der Waals surface area contributed by atoms with Crippen LogP contribution in [0.4, 0.5) is 0 Å². The van der Waals surface area contributed by atoms with Gasteiger partial charge < -0.3 is 4.74 Å². The zero-order chi connectivity index (χ0) is 25.7. The number of amides is 2. The molecule has 1 aliphatic heterocycles. The Hall–Kier alpha value is -4.06. The van der Waals surface area contributed by atoms with E-state index in [0.717, 1.165) is 21.8 Å². The fraction of sp³-hybridized carbons (Fsp3) is 0.188. The number of hydrogen-bond acceptors (Lipinski definition) is 4. The Bertz CT molecular complexity index is 1220. The summed E-state index contributed by atoms with van der Waals surface area (Å²) in [6.45, 7) is 2.32. The Labute approximate surface area is 217 Å². The summed E-state index contributed by atoms with van der Waals surface area (Å²) in [5.41, 5.74) is 2.95. The molecule has 4 aromatic carbocycles. The molecule has 0 N–H and O–H groups in total. The van der Waals surface area contributed by atoms with Gasteiger partial charge >= 0.3 is 0 Å². The van der Waals surface area contributed by atoms with Crippen molar-refractivity contribution in [1.29, 1.82) is 0 Å². The van der Waals surface area contributed by atoms with Crippen LogP contribution in [0.2, 0.25) is 0 Å². The molecule has 5 rings (SSSR count). The Morgan fingerprint density at radius 1 is 0.649 bits per heavy atom. The molecule has 37 heavy (non-hydrogen) atoms. The Morgan fingerprint density at radius 3 is 1.46 bits per heavy atom. The van der Waals surface area contributed by atoms with Crippen LogP contribution in [0.15, 0.2) is 115 Å². The molecule has 1 atom stereocenters. The van der Waals surface area contributed by atoms with Crippen molar-refractivity contribution in [2.75, 3.05) is 6.61 Å². The van der Waals surface area contributed by atoms with Crippen molar-refractivity contribution in [2.24, 2.45) is 0 Å². The molecule has 5 heteroatoms. The van der Waals surface area contributed by atoms with Gasteiger partial charge in [0.1, 0.15) is 5.60 Å². The maximum absolute atomic E-state index is 12.8. The number of rotatable bonds is 10. The SMILES string of the molecule is CC[C@H](CCOC(c1ccccc1)(c1ccccc1)c1ccccc1)ON1C(=O)c2ccccc2C1=O. The molecule has 0 unspecified atom stereocenters. The van der Waals surface area contributed by atoms with Crippen molar-refractivity contribution in [1.82, 2.24) is 5.06 Å². The molecule has 0 saturated carbocycles. The van der Waals surface area contributed by atoms with E-state index in [1.54, 1.807) is 24.3 Å². The predicted octanol–water partition coefficient (Wildman–Crippen LogP) is 6.39. The number of carbonyl (C=O) groups is 2. The van der Waals surface area contributed by atoms with Gasteiger partial charge in [-0.05, 0) is 41.7 Å². The number of carbonyl (C=O) groups excluding carboxylic acids is 2. The van der Waals surface area contributed by atoms with Crippen LogP contribution in [0.1, 0.15) is 57.2 Å². The fourth-order valence-corrected chi connectivity index (χ4v) is 4.86. The van der Waals surface area contributed by atoms with Crippen LogP contribution < -0.4 is 0 Å². The highest BCUT2D eigenvalue weighted by Gasteiger charge is 2.39. The Kier molecular flexibility index (Phi) is 7.26. The number of nitrogens with zero attached hydrogens (tertiary/aromatic N) is 1. The molecule has 0 spiro atoms. The smallest absolute Gasteiger partial charge is 0.285 e. The zero-order valence-electron chi connectivity index (χ0n) is 20.7. The number of imide groups is 1. The number of ether oxygens (including phenoxy) is 1. The average Bonchev–Trinajstić information content (AvgIpc) is 3.21. The predicted molar refractivity (Wildman–Crippen MR) is 142 cm³/mol. The van der Waals surface area contributed by atoms with Gasteiger partial charge in [0.25, 0.3) is 11.8 Å². The Balaban J connectivity index is 1.40. The molecule has 0 aliphatic carbocycles. The minimum Gasteiger partial charge on any atom is -0.361 e. The first-order chi connectivity index (χ1) is 18.1. The quantitative estimate of drug-likeness (QED) is 0.190. The summed E-state index contributed by atoms with van der Waals surface area (Å²) in [4.78, 5) is 31.5. The molecule has 0 bridgehead atoms. The highest BCUT2D eigenvalue weighted by Crippen LogP contribution is 2.40. The first kappa shape index (κ1) is 24.6. The van der Waals surface area contributed by atoms with Crippen LogP contribution in [0.25, 0.3) is 0 Å². The van der Waals surface area contributed by atoms with E-state index in [-0.39, 0.29) is 6.10 Å². The summed E-state index contributed by atoms with van der Waals surface area (Å²) >= 11 is 0. The summed E-state index contributed by atoms with van der Waals surface area (Å²) in [6.07, 6.45) is 0.742. The van der Waals surface area contributed by atoms with E-state index in [4.69, 9.17) is 9.57 Å². The standard InChI is InChI=1S/C32H29NO4/c1-2-27(37-33-30(34)28-20-12-13-21-29(28)31(33)35)22-23-36-32(24-14-6-3-7-15-24,25-16-8-4-9-17-25)26-18-10-5-11-19-26/h3-21,27H,2,22-23H2,1H3/t27-/m1/s1. The summed E-state index contributed by atoms with van der Waals surface area (Å²) in [5.74, 6) is -0.848.